The van der Waals surface area contributed by atoms with Gasteiger partial charge in [0.2, 0.25) is 5.91 Å². The summed E-state index contributed by atoms with van der Waals surface area (Å²) in [6.07, 6.45) is 5.15. The standard InChI is InChI=1S/C11H21NO2/c1-3-14-8-11(13)12-9(2)10-6-4-5-7-10/h9-10H,3-8H2,1-2H3,(H,12,13)/t9-/m0/s1. The Morgan fingerprint density at radius 3 is 2.71 bits per heavy atom. The zero-order chi connectivity index (χ0) is 10.4. The van der Waals surface area contributed by atoms with Crippen LogP contribution in [0.4, 0.5) is 0 Å². The summed E-state index contributed by atoms with van der Waals surface area (Å²) in [5.74, 6) is 0.701. The maximum atomic E-state index is 11.3. The molecular formula is C11H21NO2. The molecular weight excluding hydrogens is 178 g/mol. The predicted octanol–water partition coefficient (Wildman–Crippen LogP) is 1.72. The van der Waals surface area contributed by atoms with E-state index < -0.39 is 0 Å². The fraction of sp³-hybridized carbons (Fsp3) is 0.909. The Kier molecular flexibility index (Phi) is 4.94. The highest BCUT2D eigenvalue weighted by Crippen LogP contribution is 2.27. The van der Waals surface area contributed by atoms with Crippen LogP contribution in [0.25, 0.3) is 0 Å². The highest BCUT2D eigenvalue weighted by atomic mass is 16.5. The first-order chi connectivity index (χ1) is 6.74. The second-order valence-corrected chi connectivity index (χ2v) is 4.04. The van der Waals surface area contributed by atoms with Crippen LogP contribution in [0.5, 0.6) is 0 Å². The van der Waals surface area contributed by atoms with Gasteiger partial charge in [-0.05, 0) is 32.6 Å². The number of amides is 1. The van der Waals surface area contributed by atoms with Crippen LogP contribution in [0.15, 0.2) is 0 Å². The number of ether oxygens (including phenoxy) is 1. The lowest BCUT2D eigenvalue weighted by Crippen LogP contribution is -2.39. The summed E-state index contributed by atoms with van der Waals surface area (Å²) >= 11 is 0. The van der Waals surface area contributed by atoms with E-state index in [1.54, 1.807) is 0 Å². The van der Waals surface area contributed by atoms with Crippen LogP contribution in [0.2, 0.25) is 0 Å². The van der Waals surface area contributed by atoms with Gasteiger partial charge in [0.15, 0.2) is 0 Å². The van der Waals surface area contributed by atoms with Gasteiger partial charge in [0.1, 0.15) is 6.61 Å². The molecule has 1 aliphatic carbocycles. The number of rotatable bonds is 5. The average Bonchev–Trinajstić information content (AvgIpc) is 2.67. The van der Waals surface area contributed by atoms with Crippen LogP contribution in [-0.2, 0) is 9.53 Å². The number of hydrogen-bond donors (Lipinski definition) is 1. The Hall–Kier alpha value is -0.570. The van der Waals surface area contributed by atoms with E-state index >= 15 is 0 Å². The van der Waals surface area contributed by atoms with Crippen molar-refractivity contribution < 1.29 is 9.53 Å². The highest BCUT2D eigenvalue weighted by molar-refractivity contribution is 5.77. The zero-order valence-corrected chi connectivity index (χ0v) is 9.21. The first kappa shape index (κ1) is 11.5. The van der Waals surface area contributed by atoms with Crippen molar-refractivity contribution in [3.63, 3.8) is 0 Å². The average molecular weight is 199 g/mol. The molecule has 0 aromatic heterocycles. The van der Waals surface area contributed by atoms with Gasteiger partial charge < -0.3 is 10.1 Å². The van der Waals surface area contributed by atoms with Crippen molar-refractivity contribution in [1.29, 1.82) is 0 Å². The molecule has 0 unspecified atom stereocenters. The van der Waals surface area contributed by atoms with Gasteiger partial charge >= 0.3 is 0 Å². The third-order valence-corrected chi connectivity index (χ3v) is 2.93. The zero-order valence-electron chi connectivity index (χ0n) is 9.21. The Bertz CT molecular complexity index is 176. The number of carbonyl (C=O) groups is 1. The molecule has 0 aromatic rings. The van der Waals surface area contributed by atoms with Gasteiger partial charge in [-0.15, -0.1) is 0 Å². The summed E-state index contributed by atoms with van der Waals surface area (Å²) in [6.45, 7) is 4.80. The fourth-order valence-electron chi connectivity index (χ4n) is 2.07. The molecule has 82 valence electrons. The van der Waals surface area contributed by atoms with Crippen molar-refractivity contribution in [2.45, 2.75) is 45.6 Å². The molecule has 3 heteroatoms. The molecule has 0 heterocycles. The molecule has 0 spiro atoms. The molecule has 1 saturated carbocycles. The molecule has 3 nitrogen and oxygen atoms in total. The summed E-state index contributed by atoms with van der Waals surface area (Å²) in [5.41, 5.74) is 0. The lowest BCUT2D eigenvalue weighted by molar-refractivity contribution is -0.126. The Balaban J connectivity index is 2.18. The quantitative estimate of drug-likeness (QED) is 0.732. The first-order valence-electron chi connectivity index (χ1n) is 5.61. The van der Waals surface area contributed by atoms with Gasteiger partial charge in [-0.2, -0.15) is 0 Å². The lowest BCUT2D eigenvalue weighted by Gasteiger charge is -2.20. The summed E-state index contributed by atoms with van der Waals surface area (Å²) < 4.78 is 5.05. The molecule has 14 heavy (non-hydrogen) atoms. The molecule has 1 aliphatic rings. The van der Waals surface area contributed by atoms with E-state index in [0.717, 1.165) is 0 Å². The van der Waals surface area contributed by atoms with E-state index in [1.807, 2.05) is 6.92 Å². The lowest BCUT2D eigenvalue weighted by atomic mass is 10.00. The number of carbonyl (C=O) groups excluding carboxylic acids is 1. The normalized spacial score (nSPS) is 19.6. The Morgan fingerprint density at radius 1 is 1.50 bits per heavy atom. The summed E-state index contributed by atoms with van der Waals surface area (Å²) in [5, 5.41) is 2.99. The van der Waals surface area contributed by atoms with Crippen molar-refractivity contribution in [2.24, 2.45) is 5.92 Å². The number of hydrogen-bond acceptors (Lipinski definition) is 2. The number of nitrogens with one attached hydrogen (secondary N) is 1. The molecule has 1 amide bonds. The molecule has 1 atom stereocenters. The largest absolute Gasteiger partial charge is 0.372 e. The summed E-state index contributed by atoms with van der Waals surface area (Å²) in [7, 11) is 0. The van der Waals surface area contributed by atoms with Crippen LogP contribution < -0.4 is 5.32 Å². The van der Waals surface area contributed by atoms with E-state index in [2.05, 4.69) is 12.2 Å². The smallest absolute Gasteiger partial charge is 0.246 e. The fourth-order valence-corrected chi connectivity index (χ4v) is 2.07. The van der Waals surface area contributed by atoms with Gasteiger partial charge in [0, 0.05) is 12.6 Å². The molecule has 0 aromatic carbocycles. The van der Waals surface area contributed by atoms with Crippen LogP contribution in [0, 0.1) is 5.92 Å². The van der Waals surface area contributed by atoms with E-state index in [9.17, 15) is 4.79 Å². The Morgan fingerprint density at radius 2 is 2.14 bits per heavy atom. The monoisotopic (exact) mass is 199 g/mol. The topological polar surface area (TPSA) is 38.3 Å². The van der Waals surface area contributed by atoms with E-state index in [-0.39, 0.29) is 12.5 Å². The van der Waals surface area contributed by atoms with Crippen molar-refractivity contribution >= 4 is 5.91 Å². The van der Waals surface area contributed by atoms with Gasteiger partial charge in [-0.25, -0.2) is 0 Å². The van der Waals surface area contributed by atoms with Gasteiger partial charge in [0.05, 0.1) is 0 Å². The molecule has 0 bridgehead atoms. The Labute approximate surface area is 86.2 Å². The van der Waals surface area contributed by atoms with E-state index in [4.69, 9.17) is 4.74 Å². The molecule has 1 N–H and O–H groups in total. The van der Waals surface area contributed by atoms with Gasteiger partial charge in [0.25, 0.3) is 0 Å². The first-order valence-corrected chi connectivity index (χ1v) is 5.61. The van der Waals surface area contributed by atoms with E-state index in [1.165, 1.54) is 25.7 Å². The van der Waals surface area contributed by atoms with Crippen molar-refractivity contribution in [3.05, 3.63) is 0 Å². The van der Waals surface area contributed by atoms with Crippen molar-refractivity contribution in [2.75, 3.05) is 13.2 Å². The minimum Gasteiger partial charge on any atom is -0.372 e. The molecule has 1 fully saturated rings. The highest BCUT2D eigenvalue weighted by Gasteiger charge is 2.22. The molecule has 1 rings (SSSR count). The predicted molar refractivity (Wildman–Crippen MR) is 56.1 cm³/mol. The maximum absolute atomic E-state index is 11.3. The van der Waals surface area contributed by atoms with E-state index in [0.29, 0.717) is 18.6 Å². The van der Waals surface area contributed by atoms with Crippen molar-refractivity contribution in [3.8, 4) is 0 Å². The maximum Gasteiger partial charge on any atom is 0.246 e. The SMILES string of the molecule is CCOCC(=O)N[C@@H](C)C1CCCC1. The van der Waals surface area contributed by atoms with Crippen LogP contribution in [0.1, 0.15) is 39.5 Å². The van der Waals surface area contributed by atoms with Crippen LogP contribution in [0.3, 0.4) is 0 Å². The minimum absolute atomic E-state index is 0.0197. The second-order valence-electron chi connectivity index (χ2n) is 4.04. The third kappa shape index (κ3) is 3.66. The minimum atomic E-state index is 0.0197. The molecule has 0 radical (unpaired) electrons. The summed E-state index contributed by atoms with van der Waals surface area (Å²) in [4.78, 5) is 11.3. The van der Waals surface area contributed by atoms with Crippen LogP contribution in [-0.4, -0.2) is 25.2 Å². The molecule has 0 saturated heterocycles. The van der Waals surface area contributed by atoms with Gasteiger partial charge in [-0.3, -0.25) is 4.79 Å². The third-order valence-electron chi connectivity index (χ3n) is 2.93. The second kappa shape index (κ2) is 6.02. The van der Waals surface area contributed by atoms with Crippen LogP contribution >= 0.6 is 0 Å². The summed E-state index contributed by atoms with van der Waals surface area (Å²) in [6, 6.07) is 0.311. The van der Waals surface area contributed by atoms with Gasteiger partial charge in [-0.1, -0.05) is 12.8 Å². The van der Waals surface area contributed by atoms with Crippen molar-refractivity contribution in [1.82, 2.24) is 5.32 Å². The molecule has 0 aliphatic heterocycles.